The zero-order valence-electron chi connectivity index (χ0n) is 17.6. The number of nitrogens with one attached hydrogen (secondary N) is 1. The summed E-state index contributed by atoms with van der Waals surface area (Å²) in [4.78, 5) is 26.2. The Morgan fingerprint density at radius 3 is 2.50 bits per heavy atom. The number of para-hydroxylation sites is 1. The maximum atomic E-state index is 13.2. The highest BCUT2D eigenvalue weighted by Gasteiger charge is 2.37. The molecule has 1 unspecified atom stereocenters. The van der Waals surface area contributed by atoms with Gasteiger partial charge in [-0.3, -0.25) is 14.9 Å². The van der Waals surface area contributed by atoms with Crippen molar-refractivity contribution in [1.29, 1.82) is 0 Å². The number of nitrogens with zero attached hydrogens (tertiary/aromatic N) is 1. The van der Waals surface area contributed by atoms with E-state index in [0.717, 1.165) is 57.9 Å². The minimum absolute atomic E-state index is 0.327. The number of hydrogen-bond donors (Lipinski definition) is 2. The number of amides is 2. The van der Waals surface area contributed by atoms with E-state index in [9.17, 15) is 9.59 Å². The lowest BCUT2D eigenvalue weighted by Crippen LogP contribution is -2.26. The van der Waals surface area contributed by atoms with Gasteiger partial charge in [0.05, 0.1) is 11.1 Å². The smallest absolute Gasteiger partial charge is 0.259 e. The van der Waals surface area contributed by atoms with E-state index in [1.807, 2.05) is 54.6 Å². The summed E-state index contributed by atoms with van der Waals surface area (Å²) in [6.07, 6.45) is 1.82. The molecule has 2 aliphatic heterocycles. The molecule has 3 N–H and O–H groups in total. The molecule has 5 nitrogen and oxygen atoms in total. The number of hydrogen-bond acceptors (Lipinski definition) is 3. The third-order valence-corrected chi connectivity index (χ3v) is 6.87. The summed E-state index contributed by atoms with van der Waals surface area (Å²) in [5.74, 6) is -0.293. The molecule has 0 spiro atoms. The predicted molar refractivity (Wildman–Crippen MR) is 127 cm³/mol. The minimum Gasteiger partial charge on any atom is -0.344 e. The third kappa shape index (κ3) is 2.75. The van der Waals surface area contributed by atoms with Gasteiger partial charge in [-0.2, -0.15) is 0 Å². The van der Waals surface area contributed by atoms with Crippen molar-refractivity contribution in [2.75, 3.05) is 6.54 Å². The molecular formula is C27H23N3O2. The average molecular weight is 422 g/mol. The van der Waals surface area contributed by atoms with E-state index < -0.39 is 0 Å². The van der Waals surface area contributed by atoms with Gasteiger partial charge < -0.3 is 10.3 Å². The molecule has 1 atom stereocenters. The molecule has 6 rings (SSSR count). The molecule has 1 aromatic heterocycles. The van der Waals surface area contributed by atoms with Gasteiger partial charge in [0.25, 0.3) is 11.8 Å². The highest BCUT2D eigenvalue weighted by atomic mass is 16.2. The highest BCUT2D eigenvalue weighted by molar-refractivity contribution is 6.50. The van der Waals surface area contributed by atoms with Crippen LogP contribution in [-0.2, 0) is 22.6 Å². The van der Waals surface area contributed by atoms with Crippen LogP contribution in [0.4, 0.5) is 0 Å². The van der Waals surface area contributed by atoms with Crippen molar-refractivity contribution in [2.45, 2.75) is 19.4 Å². The first-order valence-corrected chi connectivity index (χ1v) is 11.1. The van der Waals surface area contributed by atoms with Gasteiger partial charge in [0, 0.05) is 28.7 Å². The molecule has 0 aliphatic carbocycles. The zero-order chi connectivity index (χ0) is 21.8. The zero-order valence-corrected chi connectivity index (χ0v) is 17.6. The van der Waals surface area contributed by atoms with Gasteiger partial charge >= 0.3 is 0 Å². The first-order chi connectivity index (χ1) is 15.7. The lowest BCUT2D eigenvalue weighted by atomic mass is 9.89. The summed E-state index contributed by atoms with van der Waals surface area (Å²) in [7, 11) is 0. The van der Waals surface area contributed by atoms with Crippen LogP contribution in [-0.4, -0.2) is 22.9 Å². The lowest BCUT2D eigenvalue weighted by Gasteiger charge is -2.25. The molecule has 32 heavy (non-hydrogen) atoms. The first kappa shape index (κ1) is 19.0. The number of imide groups is 1. The maximum absolute atomic E-state index is 13.2. The summed E-state index contributed by atoms with van der Waals surface area (Å²) in [5.41, 5.74) is 10.8. The van der Waals surface area contributed by atoms with Crippen molar-refractivity contribution >= 4 is 44.6 Å². The molecule has 158 valence electrons. The largest absolute Gasteiger partial charge is 0.344 e. The second-order valence-corrected chi connectivity index (χ2v) is 8.68. The number of carbonyl (C=O) groups excluding carboxylic acids is 2. The Kier molecular flexibility index (Phi) is 4.26. The number of aryl methyl sites for hydroxylation is 1. The van der Waals surface area contributed by atoms with Gasteiger partial charge in [-0.1, -0.05) is 54.6 Å². The number of rotatable bonds is 3. The molecule has 5 heteroatoms. The second-order valence-electron chi connectivity index (χ2n) is 8.68. The predicted octanol–water partition coefficient (Wildman–Crippen LogP) is 3.88. The Labute approximate surface area is 185 Å². The first-order valence-electron chi connectivity index (χ1n) is 11.1. The molecule has 4 aromatic rings. The number of carbonyl (C=O) groups is 2. The Bertz CT molecular complexity index is 1460. The molecule has 2 aliphatic rings. The quantitative estimate of drug-likeness (QED) is 0.493. The molecule has 0 fully saturated rings. The number of benzene rings is 3. The van der Waals surface area contributed by atoms with Crippen LogP contribution in [0.2, 0.25) is 0 Å². The monoisotopic (exact) mass is 421 g/mol. The van der Waals surface area contributed by atoms with E-state index in [2.05, 4.69) is 22.0 Å². The van der Waals surface area contributed by atoms with Gasteiger partial charge in [0.2, 0.25) is 0 Å². The van der Waals surface area contributed by atoms with Gasteiger partial charge in [0.15, 0.2) is 0 Å². The van der Waals surface area contributed by atoms with E-state index in [1.54, 1.807) is 0 Å². The van der Waals surface area contributed by atoms with E-state index in [-0.39, 0.29) is 11.8 Å². The van der Waals surface area contributed by atoms with Crippen LogP contribution in [0, 0.1) is 5.92 Å². The topological polar surface area (TPSA) is 77.1 Å². The number of aromatic nitrogens is 1. The van der Waals surface area contributed by atoms with Crippen LogP contribution >= 0.6 is 0 Å². The Morgan fingerprint density at radius 2 is 1.66 bits per heavy atom. The van der Waals surface area contributed by atoms with Gasteiger partial charge in [-0.25, -0.2) is 0 Å². The fraction of sp³-hybridized carbons (Fsp3) is 0.185. The molecule has 2 amide bonds. The van der Waals surface area contributed by atoms with Gasteiger partial charge in [-0.15, -0.1) is 0 Å². The molecule has 0 saturated heterocycles. The molecule has 3 aromatic carbocycles. The van der Waals surface area contributed by atoms with Crippen LogP contribution in [0.15, 0.2) is 66.7 Å². The summed E-state index contributed by atoms with van der Waals surface area (Å²) >= 11 is 0. The van der Waals surface area contributed by atoms with Crippen LogP contribution in [0.25, 0.3) is 32.8 Å². The van der Waals surface area contributed by atoms with Crippen LogP contribution in [0.3, 0.4) is 0 Å². The Balaban J connectivity index is 1.66. The average Bonchev–Trinajstić information content (AvgIpc) is 3.30. The van der Waals surface area contributed by atoms with Crippen molar-refractivity contribution in [1.82, 2.24) is 9.88 Å². The van der Waals surface area contributed by atoms with E-state index in [4.69, 9.17) is 5.73 Å². The second kappa shape index (κ2) is 7.18. The number of fused-ring (bicyclic) bond motifs is 4. The van der Waals surface area contributed by atoms with E-state index in [0.29, 0.717) is 23.6 Å². The minimum atomic E-state index is -0.338. The standard InChI is InChI=1S/C27H23N3O2/c28-15-16-11-12-30-21-8-4-3-7-20(21)24(22(30)13-16)25-23(26(31)29-27(25)32)19-10-9-17-5-1-2-6-18(17)14-19/h1-10,14,16H,11-13,15,28H2,(H,29,31,32). The molecular weight excluding hydrogens is 398 g/mol. The molecule has 0 radical (unpaired) electrons. The van der Waals surface area contributed by atoms with Gasteiger partial charge in [-0.05, 0) is 53.8 Å². The van der Waals surface area contributed by atoms with Crippen molar-refractivity contribution < 1.29 is 9.59 Å². The molecule has 3 heterocycles. The summed E-state index contributed by atoms with van der Waals surface area (Å²) < 4.78 is 2.30. The SMILES string of the molecule is NCC1CCn2c(c(C3=C(c4ccc5ccccc5c4)C(=O)NC3=O)c3ccccc32)C1. The van der Waals surface area contributed by atoms with Crippen molar-refractivity contribution in [3.05, 3.63) is 83.6 Å². The third-order valence-electron chi connectivity index (χ3n) is 6.87. The number of nitrogens with two attached hydrogens (primary N) is 1. The normalized spacial score (nSPS) is 18.5. The maximum Gasteiger partial charge on any atom is 0.259 e. The van der Waals surface area contributed by atoms with Gasteiger partial charge in [0.1, 0.15) is 0 Å². The summed E-state index contributed by atoms with van der Waals surface area (Å²) in [6.45, 7) is 1.48. The van der Waals surface area contributed by atoms with Crippen LogP contribution in [0.1, 0.15) is 23.2 Å². The highest BCUT2D eigenvalue weighted by Crippen LogP contribution is 2.41. The van der Waals surface area contributed by atoms with Crippen LogP contribution in [0.5, 0.6) is 0 Å². The Hall–Kier alpha value is -3.70. The van der Waals surface area contributed by atoms with Crippen LogP contribution < -0.4 is 11.1 Å². The van der Waals surface area contributed by atoms with E-state index in [1.165, 1.54) is 0 Å². The Morgan fingerprint density at radius 1 is 0.906 bits per heavy atom. The summed E-state index contributed by atoms with van der Waals surface area (Å²) in [6, 6.07) is 22.1. The van der Waals surface area contributed by atoms with Crippen molar-refractivity contribution in [3.63, 3.8) is 0 Å². The molecule has 0 bridgehead atoms. The van der Waals surface area contributed by atoms with Crippen molar-refractivity contribution in [2.24, 2.45) is 11.7 Å². The fourth-order valence-electron chi connectivity index (χ4n) is 5.31. The van der Waals surface area contributed by atoms with Crippen molar-refractivity contribution in [3.8, 4) is 0 Å². The fourth-order valence-corrected chi connectivity index (χ4v) is 5.31. The summed E-state index contributed by atoms with van der Waals surface area (Å²) in [5, 5.41) is 5.71. The van der Waals surface area contributed by atoms with E-state index >= 15 is 0 Å². The lowest BCUT2D eigenvalue weighted by molar-refractivity contribution is -0.122. The molecule has 0 saturated carbocycles.